The molecule has 0 aliphatic rings. The van der Waals surface area contributed by atoms with Crippen molar-refractivity contribution in [3.05, 3.63) is 52.8 Å². The lowest BCUT2D eigenvalue weighted by Gasteiger charge is -2.22. The van der Waals surface area contributed by atoms with Crippen molar-refractivity contribution in [2.45, 2.75) is 19.3 Å². The van der Waals surface area contributed by atoms with Gasteiger partial charge in [-0.15, -0.1) is 0 Å². The summed E-state index contributed by atoms with van der Waals surface area (Å²) < 4.78 is 25.6. The van der Waals surface area contributed by atoms with Gasteiger partial charge in [-0.25, -0.2) is 8.42 Å². The number of anilines is 1. The second-order valence-electron chi connectivity index (χ2n) is 4.88. The first kappa shape index (κ1) is 19.0. The molecular weight excluding hydrogens is 314 g/mol. The first-order valence-corrected chi connectivity index (χ1v) is 9.04. The first-order valence-electron chi connectivity index (χ1n) is 7.53. The summed E-state index contributed by atoms with van der Waals surface area (Å²) in [6.07, 6.45) is 2.80. The molecule has 1 aromatic carbocycles. The Morgan fingerprint density at radius 3 is 2.61 bits per heavy atom. The minimum absolute atomic E-state index is 0.344. The zero-order chi connectivity index (χ0) is 17.0. The second kappa shape index (κ2) is 10.7. The molecular formula is C15H23N5O2S. The average molecular weight is 337 g/mol. The topological polar surface area (TPSA) is 98.2 Å². The van der Waals surface area contributed by atoms with Crippen LogP contribution in [0.25, 0.3) is 10.4 Å². The van der Waals surface area contributed by atoms with Crippen molar-refractivity contribution >= 4 is 15.7 Å². The summed E-state index contributed by atoms with van der Waals surface area (Å²) in [5, 5.41) is 7.67. The Labute approximate surface area is 137 Å². The van der Waals surface area contributed by atoms with Crippen LogP contribution in [-0.2, 0) is 10.0 Å². The Bertz CT molecular complexity index is 612. The SMILES string of the molecule is C=CS(=O)(=O)N(CCNCCCCCN=[N+]=[N-])c1ccccc1. The molecule has 0 saturated carbocycles. The van der Waals surface area contributed by atoms with E-state index in [0.717, 1.165) is 31.2 Å². The minimum atomic E-state index is -3.51. The van der Waals surface area contributed by atoms with Crippen LogP contribution in [0.4, 0.5) is 5.69 Å². The Hall–Kier alpha value is -2.02. The molecule has 0 saturated heterocycles. The van der Waals surface area contributed by atoms with Crippen LogP contribution in [0, 0.1) is 0 Å². The van der Waals surface area contributed by atoms with Crippen molar-refractivity contribution in [2.24, 2.45) is 5.11 Å². The number of azide groups is 1. The highest BCUT2D eigenvalue weighted by Gasteiger charge is 2.18. The summed E-state index contributed by atoms with van der Waals surface area (Å²) in [6.45, 7) is 5.61. The highest BCUT2D eigenvalue weighted by atomic mass is 32.2. The predicted octanol–water partition coefficient (Wildman–Crippen LogP) is 3.04. The van der Waals surface area contributed by atoms with Gasteiger partial charge in [0.15, 0.2) is 0 Å². The normalized spacial score (nSPS) is 10.8. The molecule has 0 unspecified atom stereocenters. The molecule has 23 heavy (non-hydrogen) atoms. The van der Waals surface area contributed by atoms with E-state index in [1.54, 1.807) is 24.3 Å². The van der Waals surface area contributed by atoms with Crippen molar-refractivity contribution < 1.29 is 8.42 Å². The molecule has 1 rings (SSSR count). The maximum atomic E-state index is 12.1. The summed E-state index contributed by atoms with van der Waals surface area (Å²) in [6, 6.07) is 8.97. The molecule has 126 valence electrons. The van der Waals surface area contributed by atoms with E-state index in [-0.39, 0.29) is 0 Å². The van der Waals surface area contributed by atoms with E-state index in [1.165, 1.54) is 4.31 Å². The Kier molecular flexibility index (Phi) is 8.82. The van der Waals surface area contributed by atoms with Crippen LogP contribution in [0.3, 0.4) is 0 Å². The van der Waals surface area contributed by atoms with Gasteiger partial charge in [0.2, 0.25) is 0 Å². The van der Waals surface area contributed by atoms with Crippen molar-refractivity contribution in [1.29, 1.82) is 0 Å². The maximum Gasteiger partial charge on any atom is 0.256 e. The summed E-state index contributed by atoms with van der Waals surface area (Å²) in [4.78, 5) is 2.70. The third kappa shape index (κ3) is 7.19. The molecule has 0 bridgehead atoms. The summed E-state index contributed by atoms with van der Waals surface area (Å²) in [5.41, 5.74) is 8.78. The van der Waals surface area contributed by atoms with Crippen LogP contribution in [0.1, 0.15) is 19.3 Å². The number of sulfonamides is 1. The van der Waals surface area contributed by atoms with Crippen LogP contribution >= 0.6 is 0 Å². The van der Waals surface area contributed by atoms with Gasteiger partial charge in [-0.2, -0.15) is 0 Å². The molecule has 0 fully saturated rings. The molecule has 0 aliphatic carbocycles. The Morgan fingerprint density at radius 1 is 1.22 bits per heavy atom. The van der Waals surface area contributed by atoms with Crippen molar-refractivity contribution in [2.75, 3.05) is 30.5 Å². The zero-order valence-corrected chi connectivity index (χ0v) is 14.0. The third-order valence-corrected chi connectivity index (χ3v) is 4.66. The van der Waals surface area contributed by atoms with Gasteiger partial charge in [0.05, 0.1) is 5.69 Å². The number of hydrogen-bond donors (Lipinski definition) is 1. The van der Waals surface area contributed by atoms with Gasteiger partial charge in [0.1, 0.15) is 0 Å². The van der Waals surface area contributed by atoms with E-state index in [9.17, 15) is 8.42 Å². The number of nitrogens with one attached hydrogen (secondary N) is 1. The fourth-order valence-corrected chi connectivity index (χ4v) is 2.99. The van der Waals surface area contributed by atoms with E-state index < -0.39 is 10.0 Å². The molecule has 0 heterocycles. The quantitative estimate of drug-likeness (QED) is 0.275. The second-order valence-corrected chi connectivity index (χ2v) is 6.69. The van der Waals surface area contributed by atoms with Crippen LogP contribution in [0.5, 0.6) is 0 Å². The Balaban J connectivity index is 2.39. The molecule has 0 aromatic heterocycles. The van der Waals surface area contributed by atoms with Crippen molar-refractivity contribution in [1.82, 2.24) is 5.32 Å². The van der Waals surface area contributed by atoms with Crippen LogP contribution < -0.4 is 9.62 Å². The predicted molar refractivity (Wildman–Crippen MR) is 93.6 cm³/mol. The average Bonchev–Trinajstić information content (AvgIpc) is 2.57. The zero-order valence-electron chi connectivity index (χ0n) is 13.1. The lowest BCUT2D eigenvalue weighted by molar-refractivity contribution is 0.588. The summed E-state index contributed by atoms with van der Waals surface area (Å²) in [7, 11) is -3.51. The molecule has 1 aromatic rings. The van der Waals surface area contributed by atoms with Crippen molar-refractivity contribution in [3.8, 4) is 0 Å². The molecule has 0 amide bonds. The van der Waals surface area contributed by atoms with Gasteiger partial charge in [-0.1, -0.05) is 36.3 Å². The van der Waals surface area contributed by atoms with Crippen LogP contribution in [-0.4, -0.2) is 34.6 Å². The highest BCUT2D eigenvalue weighted by molar-refractivity contribution is 7.95. The monoisotopic (exact) mass is 337 g/mol. The van der Waals surface area contributed by atoms with Gasteiger partial charge in [-0.05, 0) is 37.1 Å². The van der Waals surface area contributed by atoms with E-state index >= 15 is 0 Å². The van der Waals surface area contributed by atoms with Gasteiger partial charge < -0.3 is 5.32 Å². The van der Waals surface area contributed by atoms with Crippen molar-refractivity contribution in [3.63, 3.8) is 0 Å². The van der Waals surface area contributed by atoms with Gasteiger partial charge in [0.25, 0.3) is 10.0 Å². The van der Waals surface area contributed by atoms with Gasteiger partial charge in [0, 0.05) is 30.0 Å². The summed E-state index contributed by atoms with van der Waals surface area (Å²) in [5.74, 6) is 0. The minimum Gasteiger partial charge on any atom is -0.315 e. The van der Waals surface area contributed by atoms with Gasteiger partial charge in [-0.3, -0.25) is 4.31 Å². The summed E-state index contributed by atoms with van der Waals surface area (Å²) >= 11 is 0. The number of nitrogens with zero attached hydrogens (tertiary/aromatic N) is 4. The van der Waals surface area contributed by atoms with Crippen LogP contribution in [0.2, 0.25) is 0 Å². The molecule has 0 spiro atoms. The third-order valence-electron chi connectivity index (χ3n) is 3.23. The fraction of sp³-hybridized carbons (Fsp3) is 0.467. The fourth-order valence-electron chi connectivity index (χ4n) is 2.05. The van der Waals surface area contributed by atoms with Gasteiger partial charge >= 0.3 is 0 Å². The Morgan fingerprint density at radius 2 is 1.96 bits per heavy atom. The number of benzene rings is 1. The number of rotatable bonds is 12. The number of hydrogen-bond acceptors (Lipinski definition) is 4. The molecule has 0 radical (unpaired) electrons. The highest BCUT2D eigenvalue weighted by Crippen LogP contribution is 2.17. The molecule has 1 N–H and O–H groups in total. The number of para-hydroxylation sites is 1. The molecule has 7 nitrogen and oxygen atoms in total. The van der Waals surface area contributed by atoms with E-state index in [4.69, 9.17) is 5.53 Å². The van der Waals surface area contributed by atoms with E-state index in [0.29, 0.717) is 25.3 Å². The standard InChI is InChI=1S/C15H23N5O2S/c1-2-23(21,22)20(15-9-5-3-6-10-15)14-13-17-11-7-4-8-12-18-19-16/h2-3,5-6,9-10,17H,1,4,7-8,11-14H2. The molecule has 8 heteroatoms. The lowest BCUT2D eigenvalue weighted by atomic mass is 10.2. The smallest absolute Gasteiger partial charge is 0.256 e. The molecule has 0 atom stereocenters. The lowest BCUT2D eigenvalue weighted by Crippen LogP contribution is -2.36. The maximum absolute atomic E-state index is 12.1. The molecule has 0 aliphatic heterocycles. The number of unbranched alkanes of at least 4 members (excludes halogenated alkanes) is 2. The van der Waals surface area contributed by atoms with E-state index in [2.05, 4.69) is 21.9 Å². The first-order chi connectivity index (χ1) is 11.1. The van der Waals surface area contributed by atoms with Crippen LogP contribution in [0.15, 0.2) is 47.4 Å². The van der Waals surface area contributed by atoms with E-state index in [1.807, 2.05) is 6.07 Å². The largest absolute Gasteiger partial charge is 0.315 e.